The number of sulfone groups is 1. The Morgan fingerprint density at radius 2 is 1.82 bits per heavy atom. The van der Waals surface area contributed by atoms with Crippen molar-refractivity contribution in [2.24, 2.45) is 0 Å². The standard InChI is InChI=1S/C12H15NO3S/c1-17(14,15)12-8-4-2-3-7(8)10(13)11-9(12)5-6-16-11/h2-6,13H2,1H3. The van der Waals surface area contributed by atoms with Gasteiger partial charge in [0.2, 0.25) is 0 Å². The van der Waals surface area contributed by atoms with Crippen molar-refractivity contribution in [2.75, 3.05) is 18.6 Å². The van der Waals surface area contributed by atoms with Crippen molar-refractivity contribution in [3.63, 3.8) is 0 Å². The maximum absolute atomic E-state index is 12.0. The Bertz CT molecular complexity index is 570. The van der Waals surface area contributed by atoms with Crippen LogP contribution in [0.5, 0.6) is 5.75 Å². The smallest absolute Gasteiger partial charge is 0.176 e. The number of ether oxygens (including phenoxy) is 1. The first-order valence-electron chi connectivity index (χ1n) is 5.79. The van der Waals surface area contributed by atoms with Crippen molar-refractivity contribution in [3.05, 3.63) is 16.7 Å². The van der Waals surface area contributed by atoms with Gasteiger partial charge in [-0.15, -0.1) is 0 Å². The van der Waals surface area contributed by atoms with Gasteiger partial charge in [-0.3, -0.25) is 0 Å². The molecule has 1 heterocycles. The Hall–Kier alpha value is -1.23. The molecule has 92 valence electrons. The van der Waals surface area contributed by atoms with E-state index in [1.165, 1.54) is 6.26 Å². The van der Waals surface area contributed by atoms with Gasteiger partial charge in [0, 0.05) is 18.2 Å². The average Bonchev–Trinajstić information content (AvgIpc) is 2.83. The molecule has 1 aliphatic heterocycles. The number of rotatable bonds is 1. The summed E-state index contributed by atoms with van der Waals surface area (Å²) in [4.78, 5) is 0.492. The first-order chi connectivity index (χ1) is 8.00. The number of hydrogen-bond acceptors (Lipinski definition) is 4. The Balaban J connectivity index is 2.43. The fourth-order valence-electron chi connectivity index (χ4n) is 2.97. The fraction of sp³-hybridized carbons (Fsp3) is 0.500. The van der Waals surface area contributed by atoms with Crippen molar-refractivity contribution >= 4 is 15.5 Å². The van der Waals surface area contributed by atoms with Crippen LogP contribution in [0.1, 0.15) is 23.1 Å². The van der Waals surface area contributed by atoms with Crippen molar-refractivity contribution in [1.29, 1.82) is 0 Å². The van der Waals surface area contributed by atoms with Gasteiger partial charge >= 0.3 is 0 Å². The van der Waals surface area contributed by atoms with E-state index in [2.05, 4.69) is 0 Å². The average molecular weight is 253 g/mol. The van der Waals surface area contributed by atoms with Crippen LogP contribution < -0.4 is 10.5 Å². The van der Waals surface area contributed by atoms with Crippen molar-refractivity contribution in [2.45, 2.75) is 30.6 Å². The van der Waals surface area contributed by atoms with Crippen LogP contribution in [0.3, 0.4) is 0 Å². The fourth-order valence-corrected chi connectivity index (χ4v) is 4.29. The van der Waals surface area contributed by atoms with Crippen LogP contribution in [0, 0.1) is 0 Å². The summed E-state index contributed by atoms with van der Waals surface area (Å²) in [6.45, 7) is 0.533. The highest BCUT2D eigenvalue weighted by atomic mass is 32.2. The van der Waals surface area contributed by atoms with E-state index < -0.39 is 9.84 Å². The second kappa shape index (κ2) is 3.38. The lowest BCUT2D eigenvalue weighted by Crippen LogP contribution is -2.08. The van der Waals surface area contributed by atoms with Gasteiger partial charge in [-0.25, -0.2) is 8.42 Å². The first kappa shape index (κ1) is 10.9. The van der Waals surface area contributed by atoms with Crippen molar-refractivity contribution < 1.29 is 13.2 Å². The van der Waals surface area contributed by atoms with Crippen LogP contribution in [0.4, 0.5) is 5.69 Å². The highest BCUT2D eigenvalue weighted by molar-refractivity contribution is 7.90. The molecule has 1 aromatic rings. The predicted octanol–water partition coefficient (Wildman–Crippen LogP) is 1.10. The molecule has 0 saturated heterocycles. The monoisotopic (exact) mass is 253 g/mol. The molecular weight excluding hydrogens is 238 g/mol. The number of fused-ring (bicyclic) bond motifs is 2. The van der Waals surface area contributed by atoms with Gasteiger partial charge in [-0.1, -0.05) is 0 Å². The Morgan fingerprint density at radius 1 is 1.12 bits per heavy atom. The Labute approximate surface area is 101 Å². The van der Waals surface area contributed by atoms with E-state index in [1.807, 2.05) is 0 Å². The molecule has 1 aromatic carbocycles. The molecule has 5 heteroatoms. The lowest BCUT2D eigenvalue weighted by molar-refractivity contribution is 0.358. The normalized spacial score (nSPS) is 17.7. The lowest BCUT2D eigenvalue weighted by atomic mass is 10.0. The zero-order valence-electron chi connectivity index (χ0n) is 9.75. The summed E-state index contributed by atoms with van der Waals surface area (Å²) in [5.74, 6) is 0.617. The molecule has 3 rings (SSSR count). The van der Waals surface area contributed by atoms with Gasteiger partial charge in [0.05, 0.1) is 17.2 Å². The minimum absolute atomic E-state index is 0.492. The maximum atomic E-state index is 12.0. The lowest BCUT2D eigenvalue weighted by Gasteiger charge is -2.15. The van der Waals surface area contributed by atoms with Crippen LogP contribution in [-0.2, 0) is 29.1 Å². The molecule has 0 atom stereocenters. The molecule has 0 radical (unpaired) electrons. The molecule has 0 bridgehead atoms. The van der Waals surface area contributed by atoms with Gasteiger partial charge in [0.25, 0.3) is 0 Å². The van der Waals surface area contributed by atoms with E-state index >= 15 is 0 Å². The highest BCUT2D eigenvalue weighted by Crippen LogP contribution is 2.45. The number of nitrogens with two attached hydrogens (primary N) is 1. The molecule has 0 spiro atoms. The quantitative estimate of drug-likeness (QED) is 0.761. The van der Waals surface area contributed by atoms with Gasteiger partial charge in [0.15, 0.2) is 9.84 Å². The van der Waals surface area contributed by atoms with E-state index in [4.69, 9.17) is 10.5 Å². The van der Waals surface area contributed by atoms with Crippen LogP contribution in [0.15, 0.2) is 4.90 Å². The van der Waals surface area contributed by atoms with E-state index in [9.17, 15) is 8.42 Å². The number of anilines is 1. The number of benzene rings is 1. The molecule has 0 amide bonds. The van der Waals surface area contributed by atoms with Crippen molar-refractivity contribution in [1.82, 2.24) is 0 Å². The molecule has 0 saturated carbocycles. The zero-order valence-corrected chi connectivity index (χ0v) is 10.6. The predicted molar refractivity (Wildman–Crippen MR) is 65.2 cm³/mol. The summed E-state index contributed by atoms with van der Waals surface area (Å²) in [6.07, 6.45) is 4.57. The molecule has 0 fully saturated rings. The number of hydrogen-bond donors (Lipinski definition) is 1. The van der Waals surface area contributed by atoms with Crippen LogP contribution in [0.25, 0.3) is 0 Å². The van der Waals surface area contributed by atoms with Crippen LogP contribution >= 0.6 is 0 Å². The van der Waals surface area contributed by atoms with Crippen LogP contribution in [0.2, 0.25) is 0 Å². The molecule has 2 aliphatic rings. The van der Waals surface area contributed by atoms with Gasteiger partial charge < -0.3 is 10.5 Å². The summed E-state index contributed by atoms with van der Waals surface area (Å²) in [6, 6.07) is 0. The minimum Gasteiger partial charge on any atom is -0.491 e. The van der Waals surface area contributed by atoms with E-state index in [-0.39, 0.29) is 0 Å². The first-order valence-corrected chi connectivity index (χ1v) is 7.68. The summed E-state index contributed by atoms with van der Waals surface area (Å²) < 4.78 is 29.4. The molecule has 2 N–H and O–H groups in total. The molecule has 1 aliphatic carbocycles. The topological polar surface area (TPSA) is 69.4 Å². The second-order valence-corrected chi connectivity index (χ2v) is 6.68. The summed E-state index contributed by atoms with van der Waals surface area (Å²) in [5.41, 5.74) is 9.47. The second-order valence-electron chi connectivity index (χ2n) is 4.73. The Morgan fingerprint density at radius 3 is 2.53 bits per heavy atom. The summed E-state index contributed by atoms with van der Waals surface area (Å²) >= 11 is 0. The SMILES string of the molecule is CS(=O)(=O)c1c2c(c(N)c3c1CCO3)CCC2. The Kier molecular flexibility index (Phi) is 2.17. The van der Waals surface area contributed by atoms with Crippen molar-refractivity contribution in [3.8, 4) is 5.75 Å². The minimum atomic E-state index is -3.21. The maximum Gasteiger partial charge on any atom is 0.176 e. The molecular formula is C12H15NO3S. The van der Waals surface area contributed by atoms with Gasteiger partial charge in [-0.2, -0.15) is 0 Å². The molecule has 0 unspecified atom stereocenters. The van der Waals surface area contributed by atoms with Gasteiger partial charge in [0.1, 0.15) is 5.75 Å². The molecule has 17 heavy (non-hydrogen) atoms. The molecule has 0 aromatic heterocycles. The van der Waals surface area contributed by atoms with E-state index in [1.54, 1.807) is 0 Å². The third-order valence-corrected chi connectivity index (χ3v) is 4.81. The van der Waals surface area contributed by atoms with E-state index in [0.29, 0.717) is 29.4 Å². The third kappa shape index (κ3) is 1.45. The largest absolute Gasteiger partial charge is 0.491 e. The summed E-state index contributed by atoms with van der Waals surface area (Å²) in [5, 5.41) is 0. The zero-order chi connectivity index (χ0) is 12.2. The van der Waals surface area contributed by atoms with E-state index in [0.717, 1.165) is 36.0 Å². The number of nitrogen functional groups attached to an aromatic ring is 1. The third-order valence-electron chi connectivity index (χ3n) is 3.58. The van der Waals surface area contributed by atoms with Gasteiger partial charge in [-0.05, 0) is 30.4 Å². The van der Waals surface area contributed by atoms with Crippen LogP contribution in [-0.4, -0.2) is 21.3 Å². The molecule has 4 nitrogen and oxygen atoms in total. The summed E-state index contributed by atoms with van der Waals surface area (Å²) in [7, 11) is -3.21. The highest BCUT2D eigenvalue weighted by Gasteiger charge is 2.32.